The molecule has 72 valence electrons. The zero-order valence-corrected chi connectivity index (χ0v) is 7.27. The predicted molar refractivity (Wildman–Crippen MR) is 42.5 cm³/mol. The molecule has 1 nitrogen and oxygen atoms in total. The maximum absolute atomic E-state index is 13.2. The van der Waals surface area contributed by atoms with Gasteiger partial charge in [0.1, 0.15) is 0 Å². The van der Waals surface area contributed by atoms with Gasteiger partial charge in [0, 0.05) is 0 Å². The molecule has 1 aromatic carbocycles. The van der Waals surface area contributed by atoms with Crippen LogP contribution in [-0.2, 0) is 0 Å². The molecule has 0 aliphatic rings. The van der Waals surface area contributed by atoms with E-state index in [1.807, 2.05) is 0 Å². The van der Waals surface area contributed by atoms with Crippen molar-refractivity contribution in [2.75, 3.05) is 0 Å². The van der Waals surface area contributed by atoms with Gasteiger partial charge in [0.15, 0.2) is 11.6 Å². The second-order valence-corrected chi connectivity index (χ2v) is 2.70. The predicted octanol–water partition coefficient (Wildman–Crippen LogP) is 3.04. The molecule has 0 atom stereocenters. The minimum absolute atomic E-state index is 0.332. The molecule has 0 saturated carbocycles. The van der Waals surface area contributed by atoms with Crippen molar-refractivity contribution in [3.8, 4) is 5.75 Å². The molecule has 0 unspecified atom stereocenters. The fourth-order valence-corrected chi connectivity index (χ4v) is 0.944. The van der Waals surface area contributed by atoms with Crippen LogP contribution < -0.4 is 4.74 Å². The van der Waals surface area contributed by atoms with Gasteiger partial charge < -0.3 is 4.74 Å². The summed E-state index contributed by atoms with van der Waals surface area (Å²) in [6.07, 6.45) is 0. The summed E-state index contributed by atoms with van der Waals surface area (Å²) >= 11 is 0. The first-order valence-corrected chi connectivity index (χ1v) is 3.73. The summed E-state index contributed by atoms with van der Waals surface area (Å²) in [6.45, 7) is 0.227. The Hall–Kier alpha value is -1.19. The van der Waals surface area contributed by atoms with E-state index in [2.05, 4.69) is 4.74 Å². The lowest BCUT2D eigenvalue weighted by atomic mass is 10.1. The van der Waals surface area contributed by atoms with Crippen LogP contribution in [0.25, 0.3) is 0 Å². The van der Waals surface area contributed by atoms with Gasteiger partial charge in [0.25, 0.3) is 0 Å². The Kier molecular flexibility index (Phi) is 2.80. The van der Waals surface area contributed by atoms with Gasteiger partial charge >= 0.3 is 6.61 Å². The van der Waals surface area contributed by atoms with E-state index in [1.165, 1.54) is 19.1 Å². The molecular formula is C9H9F3O. The van der Waals surface area contributed by atoms with E-state index in [0.29, 0.717) is 11.1 Å². The van der Waals surface area contributed by atoms with Crippen LogP contribution in [0.15, 0.2) is 12.1 Å². The van der Waals surface area contributed by atoms with Crippen LogP contribution in [0.4, 0.5) is 13.2 Å². The van der Waals surface area contributed by atoms with Crippen molar-refractivity contribution in [2.45, 2.75) is 20.5 Å². The van der Waals surface area contributed by atoms with Gasteiger partial charge in [0.2, 0.25) is 0 Å². The van der Waals surface area contributed by atoms with E-state index in [-0.39, 0.29) is 0 Å². The third-order valence-corrected chi connectivity index (χ3v) is 1.84. The fraction of sp³-hybridized carbons (Fsp3) is 0.333. The monoisotopic (exact) mass is 190 g/mol. The smallest absolute Gasteiger partial charge is 0.387 e. The molecule has 0 amide bonds. The van der Waals surface area contributed by atoms with Crippen LogP contribution >= 0.6 is 0 Å². The number of ether oxygens (including phenoxy) is 1. The van der Waals surface area contributed by atoms with E-state index in [9.17, 15) is 13.2 Å². The van der Waals surface area contributed by atoms with Gasteiger partial charge in [-0.1, -0.05) is 6.07 Å². The number of rotatable bonds is 2. The summed E-state index contributed by atoms with van der Waals surface area (Å²) in [5.74, 6) is -1.13. The summed E-state index contributed by atoms with van der Waals surface area (Å²) in [7, 11) is 0. The Morgan fingerprint density at radius 3 is 2.38 bits per heavy atom. The van der Waals surface area contributed by atoms with Crippen molar-refractivity contribution in [3.05, 3.63) is 29.1 Å². The lowest BCUT2D eigenvalue weighted by Gasteiger charge is -2.08. The molecule has 0 heterocycles. The fourth-order valence-electron chi connectivity index (χ4n) is 0.944. The van der Waals surface area contributed by atoms with Gasteiger partial charge in [0.05, 0.1) is 0 Å². The lowest BCUT2D eigenvalue weighted by Crippen LogP contribution is -2.04. The Balaban J connectivity index is 3.04. The highest BCUT2D eigenvalue weighted by Gasteiger charge is 2.12. The van der Waals surface area contributed by atoms with E-state index in [0.717, 1.165) is 0 Å². The van der Waals surface area contributed by atoms with E-state index < -0.39 is 18.2 Å². The van der Waals surface area contributed by atoms with Crippen molar-refractivity contribution >= 4 is 0 Å². The van der Waals surface area contributed by atoms with Crippen molar-refractivity contribution in [1.29, 1.82) is 0 Å². The molecule has 0 saturated heterocycles. The molecule has 13 heavy (non-hydrogen) atoms. The van der Waals surface area contributed by atoms with Gasteiger partial charge in [-0.2, -0.15) is 8.78 Å². The zero-order chi connectivity index (χ0) is 10.0. The maximum Gasteiger partial charge on any atom is 0.387 e. The first-order chi connectivity index (χ1) is 6.02. The second-order valence-electron chi connectivity index (χ2n) is 2.70. The molecule has 0 N–H and O–H groups in total. The molecule has 0 bridgehead atoms. The van der Waals surface area contributed by atoms with Crippen LogP contribution in [-0.4, -0.2) is 6.61 Å². The van der Waals surface area contributed by atoms with Crippen LogP contribution in [0.5, 0.6) is 5.75 Å². The van der Waals surface area contributed by atoms with Gasteiger partial charge in [-0.3, -0.25) is 0 Å². The standard InChI is InChI=1S/C9H9F3O/c1-5-3-4-7(13-9(11)12)8(10)6(5)2/h3-4,9H,1-2H3. The van der Waals surface area contributed by atoms with Crippen LogP contribution in [0.2, 0.25) is 0 Å². The third-order valence-electron chi connectivity index (χ3n) is 1.84. The normalized spacial score (nSPS) is 10.6. The van der Waals surface area contributed by atoms with Crippen LogP contribution in [0.3, 0.4) is 0 Å². The average Bonchev–Trinajstić information content (AvgIpc) is 2.06. The molecular weight excluding hydrogens is 181 g/mol. The van der Waals surface area contributed by atoms with Gasteiger partial charge in [-0.25, -0.2) is 4.39 Å². The van der Waals surface area contributed by atoms with Crippen LogP contribution in [0, 0.1) is 19.7 Å². The van der Waals surface area contributed by atoms with Crippen molar-refractivity contribution in [3.63, 3.8) is 0 Å². The Morgan fingerprint density at radius 2 is 1.85 bits per heavy atom. The summed E-state index contributed by atoms with van der Waals surface area (Å²) in [5.41, 5.74) is 1.04. The van der Waals surface area contributed by atoms with Crippen molar-refractivity contribution < 1.29 is 17.9 Å². The van der Waals surface area contributed by atoms with E-state index in [4.69, 9.17) is 0 Å². The highest BCUT2D eigenvalue weighted by molar-refractivity contribution is 5.35. The topological polar surface area (TPSA) is 9.23 Å². The summed E-state index contributed by atoms with van der Waals surface area (Å²) in [5, 5.41) is 0. The molecule has 0 fully saturated rings. The first kappa shape index (κ1) is 9.89. The number of alkyl halides is 2. The maximum atomic E-state index is 13.2. The second kappa shape index (κ2) is 3.68. The van der Waals surface area contributed by atoms with E-state index in [1.54, 1.807) is 6.92 Å². The van der Waals surface area contributed by atoms with Gasteiger partial charge in [-0.15, -0.1) is 0 Å². The molecule has 0 spiro atoms. The summed E-state index contributed by atoms with van der Waals surface area (Å²) in [4.78, 5) is 0. The number of benzene rings is 1. The molecule has 1 aromatic rings. The van der Waals surface area contributed by atoms with E-state index >= 15 is 0 Å². The summed E-state index contributed by atoms with van der Waals surface area (Å²) in [6, 6.07) is 2.74. The van der Waals surface area contributed by atoms with Crippen LogP contribution in [0.1, 0.15) is 11.1 Å². The number of hydrogen-bond donors (Lipinski definition) is 0. The largest absolute Gasteiger partial charge is 0.432 e. The minimum atomic E-state index is -2.99. The Bertz CT molecular complexity index is 310. The van der Waals surface area contributed by atoms with Crippen molar-refractivity contribution in [1.82, 2.24) is 0 Å². The van der Waals surface area contributed by atoms with Crippen molar-refractivity contribution in [2.24, 2.45) is 0 Å². The average molecular weight is 190 g/mol. The SMILES string of the molecule is Cc1ccc(OC(F)F)c(F)c1C. The summed E-state index contributed by atoms with van der Waals surface area (Å²) < 4.78 is 40.6. The number of halogens is 3. The Labute approximate surface area is 74.1 Å². The highest BCUT2D eigenvalue weighted by atomic mass is 19.3. The molecule has 0 radical (unpaired) electrons. The third kappa shape index (κ3) is 2.14. The molecule has 0 aliphatic heterocycles. The number of hydrogen-bond acceptors (Lipinski definition) is 1. The minimum Gasteiger partial charge on any atom is -0.432 e. The number of aryl methyl sites for hydroxylation is 1. The highest BCUT2D eigenvalue weighted by Crippen LogP contribution is 2.24. The molecule has 1 rings (SSSR count). The van der Waals surface area contributed by atoms with Gasteiger partial charge in [-0.05, 0) is 31.0 Å². The molecule has 0 aromatic heterocycles. The quantitative estimate of drug-likeness (QED) is 0.696. The first-order valence-electron chi connectivity index (χ1n) is 3.73. The molecule has 0 aliphatic carbocycles. The zero-order valence-electron chi connectivity index (χ0n) is 7.27. The molecule has 4 heteroatoms. The lowest BCUT2D eigenvalue weighted by molar-refractivity contribution is -0.0522. The Morgan fingerprint density at radius 1 is 1.23 bits per heavy atom.